The van der Waals surface area contributed by atoms with Gasteiger partial charge in [-0.25, -0.2) is 9.13 Å². The average Bonchev–Trinajstić information content (AvgIpc) is 1.39. The Labute approximate surface area is 115 Å². The first-order valence-corrected chi connectivity index (χ1v) is 2.30. The van der Waals surface area contributed by atoms with E-state index in [1.54, 1.807) is 0 Å². The van der Waals surface area contributed by atoms with Crippen LogP contribution in [0, 0.1) is 81.7 Å². The Kier molecular flexibility index (Phi) is 92.2. The van der Waals surface area contributed by atoms with Gasteiger partial charge in [0.25, 0.3) is 0 Å². The maximum atomic E-state index is 8.46. The molecule has 2 radical (unpaired) electrons. The van der Waals surface area contributed by atoms with E-state index in [2.05, 4.69) is 0 Å². The third-order valence-corrected chi connectivity index (χ3v) is 0. The van der Waals surface area contributed by atoms with Gasteiger partial charge in [-0.15, -0.1) is 0 Å². The molecule has 8 heavy (non-hydrogen) atoms. The van der Waals surface area contributed by atoms with E-state index in [1.807, 2.05) is 0 Å². The van der Waals surface area contributed by atoms with Crippen LogP contribution in [0.4, 0.5) is 0 Å². The first kappa shape index (κ1) is 22.4. The van der Waals surface area contributed by atoms with Gasteiger partial charge in [0, 0.05) is 0 Å². The number of hydrogen-bond donors (Lipinski definition) is 2. The minimum Gasteiger partial charge on any atom is -0.310 e. The third-order valence-electron chi connectivity index (χ3n) is 0. The second-order valence-corrected chi connectivity index (χ2v) is 0.490. The Balaban J connectivity index is -0.0000000160. The molecule has 0 aromatic carbocycles. The van der Waals surface area contributed by atoms with E-state index in [4.69, 9.17) is 18.9 Å². The summed E-state index contributed by atoms with van der Waals surface area (Å²) in [5.74, 6) is 0. The second kappa shape index (κ2) is 32.9. The predicted molar refractivity (Wildman–Crippen MR) is 19.7 cm³/mol. The molecule has 0 aliphatic rings. The molecule has 0 saturated carbocycles. The minimum atomic E-state index is -0.833. The van der Waals surface area contributed by atoms with Crippen molar-refractivity contribution in [1.29, 1.82) is 0 Å². The maximum absolute atomic E-state index is 8.46. The fourth-order valence-electron chi connectivity index (χ4n) is 0. The van der Waals surface area contributed by atoms with E-state index in [9.17, 15) is 0 Å². The van der Waals surface area contributed by atoms with Gasteiger partial charge in [0.1, 0.15) is 0 Å². The van der Waals surface area contributed by atoms with Crippen molar-refractivity contribution in [2.24, 2.45) is 0 Å². The smallest absolute Gasteiger partial charge is 0.310 e. The van der Waals surface area contributed by atoms with E-state index >= 15 is 0 Å². The first-order chi connectivity index (χ1) is 2.83. The second-order valence-electron chi connectivity index (χ2n) is 0.163. The summed E-state index contributed by atoms with van der Waals surface area (Å²) in [6.45, 7) is 0. The molecule has 0 heterocycles. The van der Waals surface area contributed by atoms with Crippen molar-refractivity contribution in [3.63, 3.8) is 0 Å². The zero-order valence-corrected chi connectivity index (χ0v) is 11.8. The zero-order chi connectivity index (χ0) is 5.41. The van der Waals surface area contributed by atoms with Crippen molar-refractivity contribution in [1.82, 2.24) is 0 Å². The standard InChI is InChI=1S/2Nd.2HO2P/c;;2*1-3-2/h;;2*(H,1,2)/q2*+3;;. The van der Waals surface area contributed by atoms with Gasteiger partial charge in [-0.05, 0) is 0 Å². The fourth-order valence-corrected chi connectivity index (χ4v) is 0. The molecule has 8 heteroatoms. The van der Waals surface area contributed by atoms with Crippen LogP contribution in [0.2, 0.25) is 0 Å². The molecular formula is H2Nd2O4P2+6. The van der Waals surface area contributed by atoms with Crippen LogP contribution >= 0.6 is 17.4 Å². The van der Waals surface area contributed by atoms with Crippen LogP contribution in [0.5, 0.6) is 0 Å². The summed E-state index contributed by atoms with van der Waals surface area (Å²) in [5, 5.41) is 0. The topological polar surface area (TPSA) is 74.6 Å². The van der Waals surface area contributed by atoms with Crippen molar-refractivity contribution in [3.05, 3.63) is 0 Å². The van der Waals surface area contributed by atoms with Crippen LogP contribution in [0.1, 0.15) is 0 Å². The maximum Gasteiger partial charge on any atom is 3.00 e. The Morgan fingerprint density at radius 2 is 0.875 bits per heavy atom. The van der Waals surface area contributed by atoms with Gasteiger partial charge in [0.2, 0.25) is 0 Å². The normalized spacial score (nSPS) is 5.25. The molecule has 0 fully saturated rings. The molecule has 0 aromatic rings. The SMILES string of the molecule is O=PO.O=PO.[Nd+3].[Nd+3]. The van der Waals surface area contributed by atoms with Crippen molar-refractivity contribution < 1.29 is 101 Å². The molecular weight excluding hydrogens is 414 g/mol. The Hall–Kier alpha value is 2.82. The summed E-state index contributed by atoms with van der Waals surface area (Å²) in [6.07, 6.45) is 0. The molecule has 0 bridgehead atoms. The molecule has 38 valence electrons. The average molecular weight is 416 g/mol. The number of hydrogen-bond acceptors (Lipinski definition) is 2. The van der Waals surface area contributed by atoms with Gasteiger partial charge < -0.3 is 9.79 Å². The summed E-state index contributed by atoms with van der Waals surface area (Å²) < 4.78 is 16.9. The Morgan fingerprint density at radius 1 is 0.875 bits per heavy atom. The van der Waals surface area contributed by atoms with E-state index < -0.39 is 17.4 Å². The summed E-state index contributed by atoms with van der Waals surface area (Å²) in [4.78, 5) is 14.0. The first-order valence-electron chi connectivity index (χ1n) is 0.765. The summed E-state index contributed by atoms with van der Waals surface area (Å²) in [6, 6.07) is 0. The molecule has 4 nitrogen and oxygen atoms in total. The molecule has 0 rings (SSSR count). The molecule has 0 aromatic heterocycles. The van der Waals surface area contributed by atoms with Crippen LogP contribution in [0.25, 0.3) is 0 Å². The van der Waals surface area contributed by atoms with Crippen molar-refractivity contribution in [3.8, 4) is 0 Å². The summed E-state index contributed by atoms with van der Waals surface area (Å²) >= 11 is 0. The quantitative estimate of drug-likeness (QED) is 0.560. The molecule has 0 atom stereocenters. The monoisotopic (exact) mass is 412 g/mol. The molecule has 0 aliphatic carbocycles. The molecule has 0 unspecified atom stereocenters. The van der Waals surface area contributed by atoms with E-state index in [0.29, 0.717) is 0 Å². The van der Waals surface area contributed by atoms with Crippen molar-refractivity contribution in [2.75, 3.05) is 0 Å². The third kappa shape index (κ3) is 67.8. The van der Waals surface area contributed by atoms with Gasteiger partial charge in [-0.3, -0.25) is 0 Å². The van der Waals surface area contributed by atoms with Crippen LogP contribution in [-0.2, 0) is 9.13 Å². The molecule has 0 aliphatic heterocycles. The largest absolute Gasteiger partial charge is 3.00 e. The van der Waals surface area contributed by atoms with Gasteiger partial charge in [0.15, 0.2) is 0 Å². The summed E-state index contributed by atoms with van der Waals surface area (Å²) in [7, 11) is -1.67. The molecule has 0 spiro atoms. The fraction of sp³-hybridized carbons (Fsp3) is 0. The van der Waals surface area contributed by atoms with Gasteiger partial charge in [-0.2, -0.15) is 0 Å². The van der Waals surface area contributed by atoms with Gasteiger partial charge >= 0.3 is 99.1 Å². The number of rotatable bonds is 0. The molecule has 2 N–H and O–H groups in total. The van der Waals surface area contributed by atoms with E-state index in [-0.39, 0.29) is 81.7 Å². The Morgan fingerprint density at radius 3 is 0.875 bits per heavy atom. The van der Waals surface area contributed by atoms with E-state index in [1.165, 1.54) is 0 Å². The van der Waals surface area contributed by atoms with Gasteiger partial charge in [-0.1, -0.05) is 0 Å². The van der Waals surface area contributed by atoms with Crippen LogP contribution < -0.4 is 0 Å². The predicted octanol–water partition coefficient (Wildman–Crippen LogP) is 0.371. The van der Waals surface area contributed by atoms with Crippen LogP contribution in [0.3, 0.4) is 0 Å². The summed E-state index contributed by atoms with van der Waals surface area (Å²) in [5.41, 5.74) is 0. The van der Waals surface area contributed by atoms with Gasteiger partial charge in [0.05, 0.1) is 0 Å². The van der Waals surface area contributed by atoms with E-state index in [0.717, 1.165) is 0 Å². The molecule has 0 saturated heterocycles. The Bertz CT molecular complexity index is 33.0. The van der Waals surface area contributed by atoms with Crippen molar-refractivity contribution in [2.45, 2.75) is 0 Å². The van der Waals surface area contributed by atoms with Crippen molar-refractivity contribution >= 4 is 17.4 Å². The van der Waals surface area contributed by atoms with Crippen LogP contribution in [0.15, 0.2) is 0 Å². The van der Waals surface area contributed by atoms with Crippen LogP contribution in [-0.4, -0.2) is 9.79 Å². The minimum absolute atomic E-state index is 0. The molecule has 0 amide bonds. The zero-order valence-electron chi connectivity index (χ0n) is 3.61.